The fourth-order valence-electron chi connectivity index (χ4n) is 3.52. The first-order valence-electron chi connectivity index (χ1n) is 7.52. The van der Waals surface area contributed by atoms with Crippen molar-refractivity contribution in [2.45, 2.75) is 37.8 Å². The van der Waals surface area contributed by atoms with Gasteiger partial charge >= 0.3 is 0 Å². The van der Waals surface area contributed by atoms with Crippen LogP contribution in [-0.2, 0) is 0 Å². The topological polar surface area (TPSA) is 78.9 Å². The fourth-order valence-corrected chi connectivity index (χ4v) is 4.53. The Morgan fingerprint density at radius 1 is 1.36 bits per heavy atom. The van der Waals surface area contributed by atoms with Gasteiger partial charge in [-0.25, -0.2) is 0 Å². The number of amides is 1. The maximum absolute atomic E-state index is 11.4. The van der Waals surface area contributed by atoms with E-state index in [2.05, 4.69) is 10.3 Å². The molecule has 3 aliphatic rings. The standard InChI is InChI=1S/C16H17N3O2S/c17-15(21)10-7-9(5-6-14(10)20)13-8-22-16-18-11-3-1-2-4-12(11)19(13)16/h5-8,11-12,20H,1-4H2,(H2,17,21)/t11-,12-/m1/s1. The van der Waals surface area contributed by atoms with E-state index in [-0.39, 0.29) is 11.3 Å². The first-order chi connectivity index (χ1) is 10.6. The van der Waals surface area contributed by atoms with Crippen LogP contribution in [0.2, 0.25) is 0 Å². The molecule has 114 valence electrons. The summed E-state index contributed by atoms with van der Waals surface area (Å²) in [6, 6.07) is 5.85. The molecule has 3 N–H and O–H groups in total. The molecule has 1 aromatic carbocycles. The van der Waals surface area contributed by atoms with Crippen LogP contribution in [0.5, 0.6) is 5.75 Å². The number of primary amides is 1. The highest BCUT2D eigenvalue weighted by atomic mass is 32.2. The molecule has 0 bridgehead atoms. The first-order valence-corrected chi connectivity index (χ1v) is 8.40. The third-order valence-electron chi connectivity index (χ3n) is 4.60. The van der Waals surface area contributed by atoms with Crippen molar-refractivity contribution in [1.82, 2.24) is 4.90 Å². The van der Waals surface area contributed by atoms with Crippen molar-refractivity contribution in [3.05, 3.63) is 34.7 Å². The summed E-state index contributed by atoms with van der Waals surface area (Å²) in [5.41, 5.74) is 7.45. The molecule has 0 saturated heterocycles. The quantitative estimate of drug-likeness (QED) is 0.879. The van der Waals surface area contributed by atoms with Crippen LogP contribution >= 0.6 is 11.8 Å². The van der Waals surface area contributed by atoms with Gasteiger partial charge in [-0.1, -0.05) is 24.6 Å². The van der Waals surface area contributed by atoms with Gasteiger partial charge < -0.3 is 15.7 Å². The number of nitrogens with two attached hydrogens (primary N) is 1. The summed E-state index contributed by atoms with van der Waals surface area (Å²) < 4.78 is 0. The predicted molar refractivity (Wildman–Crippen MR) is 87.5 cm³/mol. The van der Waals surface area contributed by atoms with Gasteiger partial charge in [-0.05, 0) is 36.6 Å². The highest BCUT2D eigenvalue weighted by Gasteiger charge is 2.42. The van der Waals surface area contributed by atoms with Crippen LogP contribution in [0.4, 0.5) is 0 Å². The Morgan fingerprint density at radius 2 is 2.18 bits per heavy atom. The van der Waals surface area contributed by atoms with Gasteiger partial charge in [0.25, 0.3) is 5.91 Å². The number of amidine groups is 1. The Labute approximate surface area is 132 Å². The number of rotatable bonds is 2. The smallest absolute Gasteiger partial charge is 0.252 e. The number of benzene rings is 1. The zero-order valence-electron chi connectivity index (χ0n) is 12.0. The van der Waals surface area contributed by atoms with Gasteiger partial charge in [0.05, 0.1) is 23.3 Å². The first kappa shape index (κ1) is 13.7. The van der Waals surface area contributed by atoms with Gasteiger partial charge in [0.2, 0.25) is 0 Å². The van der Waals surface area contributed by atoms with Crippen LogP contribution in [0.3, 0.4) is 0 Å². The van der Waals surface area contributed by atoms with E-state index in [1.165, 1.54) is 18.9 Å². The molecule has 0 spiro atoms. The summed E-state index contributed by atoms with van der Waals surface area (Å²) in [5.74, 6) is -0.690. The van der Waals surface area contributed by atoms with Crippen LogP contribution in [0.1, 0.15) is 41.6 Å². The number of carbonyl (C=O) groups is 1. The minimum absolute atomic E-state index is 0.0756. The summed E-state index contributed by atoms with van der Waals surface area (Å²) in [6.45, 7) is 0. The number of hydrogen-bond donors (Lipinski definition) is 2. The third kappa shape index (κ3) is 2.01. The second-order valence-electron chi connectivity index (χ2n) is 5.92. The van der Waals surface area contributed by atoms with E-state index in [4.69, 9.17) is 10.7 Å². The Balaban J connectivity index is 1.70. The van der Waals surface area contributed by atoms with Crippen LogP contribution in [-0.4, -0.2) is 33.2 Å². The molecule has 0 unspecified atom stereocenters. The van der Waals surface area contributed by atoms with Gasteiger partial charge in [-0.2, -0.15) is 0 Å². The molecule has 0 aromatic heterocycles. The van der Waals surface area contributed by atoms with E-state index >= 15 is 0 Å². The summed E-state index contributed by atoms with van der Waals surface area (Å²) in [4.78, 5) is 18.6. The van der Waals surface area contributed by atoms with E-state index in [9.17, 15) is 9.90 Å². The average molecular weight is 315 g/mol. The molecule has 5 nitrogen and oxygen atoms in total. The maximum atomic E-state index is 11.4. The number of hydrogen-bond acceptors (Lipinski definition) is 5. The highest BCUT2D eigenvalue weighted by molar-refractivity contribution is 8.16. The van der Waals surface area contributed by atoms with E-state index in [1.807, 2.05) is 6.07 Å². The SMILES string of the molecule is NC(=O)c1cc(C2=CSC3=N[C@@H]4CCCC[C@H]4N23)ccc1O. The van der Waals surface area contributed by atoms with Gasteiger partial charge in [0, 0.05) is 5.41 Å². The van der Waals surface area contributed by atoms with Crippen molar-refractivity contribution >= 4 is 28.5 Å². The van der Waals surface area contributed by atoms with Crippen molar-refractivity contribution in [1.29, 1.82) is 0 Å². The minimum Gasteiger partial charge on any atom is -0.507 e. The number of carbonyl (C=O) groups excluding carboxylic acids is 1. The minimum atomic E-state index is -0.614. The molecule has 2 atom stereocenters. The Bertz CT molecular complexity index is 713. The fraction of sp³-hybridized carbons (Fsp3) is 0.375. The molecule has 22 heavy (non-hydrogen) atoms. The molecule has 1 fully saturated rings. The molecule has 0 radical (unpaired) electrons. The largest absolute Gasteiger partial charge is 0.507 e. The molecule has 1 aliphatic carbocycles. The lowest BCUT2D eigenvalue weighted by Crippen LogP contribution is -2.38. The van der Waals surface area contributed by atoms with Crippen LogP contribution in [0.15, 0.2) is 28.6 Å². The summed E-state index contributed by atoms with van der Waals surface area (Å²) in [6.07, 6.45) is 4.79. The van der Waals surface area contributed by atoms with Crippen LogP contribution in [0, 0.1) is 0 Å². The zero-order chi connectivity index (χ0) is 15.3. The predicted octanol–water partition coefficient (Wildman–Crippen LogP) is 2.52. The maximum Gasteiger partial charge on any atom is 0.252 e. The zero-order valence-corrected chi connectivity index (χ0v) is 12.8. The number of aromatic hydroxyl groups is 1. The van der Waals surface area contributed by atoms with Crippen molar-refractivity contribution in [2.24, 2.45) is 10.7 Å². The van der Waals surface area contributed by atoms with Crippen LogP contribution < -0.4 is 5.73 Å². The molecule has 1 amide bonds. The van der Waals surface area contributed by atoms with Crippen molar-refractivity contribution in [3.63, 3.8) is 0 Å². The monoisotopic (exact) mass is 315 g/mol. The van der Waals surface area contributed by atoms with Gasteiger partial charge in [-0.3, -0.25) is 9.79 Å². The molecule has 4 rings (SSSR count). The molecular weight excluding hydrogens is 298 g/mol. The lowest BCUT2D eigenvalue weighted by atomic mass is 9.90. The third-order valence-corrected chi connectivity index (χ3v) is 5.46. The summed E-state index contributed by atoms with van der Waals surface area (Å²) in [5, 5.41) is 12.9. The van der Waals surface area contributed by atoms with E-state index in [0.29, 0.717) is 12.1 Å². The molecule has 6 heteroatoms. The number of nitrogens with zero attached hydrogens (tertiary/aromatic N) is 2. The highest BCUT2D eigenvalue weighted by Crippen LogP contribution is 2.44. The summed E-state index contributed by atoms with van der Waals surface area (Å²) >= 11 is 1.64. The van der Waals surface area contributed by atoms with Crippen molar-refractivity contribution < 1.29 is 9.90 Å². The number of aliphatic imine (C=N–C) groups is 1. The summed E-state index contributed by atoms with van der Waals surface area (Å²) in [7, 11) is 0. The second kappa shape index (κ2) is 5.05. The Hall–Kier alpha value is -1.95. The average Bonchev–Trinajstić information content (AvgIpc) is 3.06. The van der Waals surface area contributed by atoms with E-state index < -0.39 is 5.91 Å². The van der Waals surface area contributed by atoms with Gasteiger partial charge in [-0.15, -0.1) is 0 Å². The normalized spacial score (nSPS) is 26.3. The Morgan fingerprint density at radius 3 is 3.00 bits per heavy atom. The lowest BCUT2D eigenvalue weighted by molar-refractivity contribution is 0.0997. The molecule has 1 aromatic rings. The van der Waals surface area contributed by atoms with E-state index in [0.717, 1.165) is 29.3 Å². The second-order valence-corrected chi connectivity index (χ2v) is 6.75. The van der Waals surface area contributed by atoms with Crippen LogP contribution in [0.25, 0.3) is 5.70 Å². The van der Waals surface area contributed by atoms with Crippen molar-refractivity contribution in [3.8, 4) is 5.75 Å². The number of phenols is 1. The molecule has 2 heterocycles. The molecule has 1 saturated carbocycles. The van der Waals surface area contributed by atoms with Gasteiger partial charge in [0.15, 0.2) is 5.17 Å². The number of fused-ring (bicyclic) bond motifs is 3. The van der Waals surface area contributed by atoms with E-state index in [1.54, 1.807) is 17.8 Å². The van der Waals surface area contributed by atoms with Crippen molar-refractivity contribution in [2.75, 3.05) is 0 Å². The lowest BCUT2D eigenvalue weighted by Gasteiger charge is -2.32. The molecule has 2 aliphatic heterocycles. The Kier molecular flexibility index (Phi) is 3.14. The van der Waals surface area contributed by atoms with Gasteiger partial charge in [0.1, 0.15) is 5.75 Å². The number of thioether (sulfide) groups is 1. The molecular formula is C16H17N3O2S.